The molecule has 26 heavy (non-hydrogen) atoms. The smallest absolute Gasteiger partial charge is 0.235 e. The Morgan fingerprint density at radius 3 is 2.62 bits per heavy atom. The number of hydrogen-bond donors (Lipinski definition) is 1. The van der Waals surface area contributed by atoms with Crippen LogP contribution >= 0.6 is 11.8 Å². The van der Waals surface area contributed by atoms with Crippen LogP contribution in [0, 0.1) is 6.92 Å². The summed E-state index contributed by atoms with van der Waals surface area (Å²) >= 11 is 1.30. The zero-order valence-corrected chi connectivity index (χ0v) is 16.2. The second kappa shape index (κ2) is 10.0. The number of amides is 2. The number of aromatic nitrogens is 1. The van der Waals surface area contributed by atoms with Gasteiger partial charge in [-0.05, 0) is 25.8 Å². The summed E-state index contributed by atoms with van der Waals surface area (Å²) in [5.74, 6) is 1.32. The molecule has 1 unspecified atom stereocenters. The maximum absolute atomic E-state index is 12.6. The fraction of sp³-hybridized carbons (Fsp3) is 0.421. The van der Waals surface area contributed by atoms with E-state index < -0.39 is 0 Å². The highest BCUT2D eigenvalue weighted by Crippen LogP contribution is 2.14. The molecule has 7 heteroatoms. The highest BCUT2D eigenvalue weighted by molar-refractivity contribution is 8.00. The van der Waals surface area contributed by atoms with Crippen molar-refractivity contribution in [3.05, 3.63) is 47.7 Å². The average molecular weight is 375 g/mol. The first-order valence-electron chi connectivity index (χ1n) is 8.64. The van der Waals surface area contributed by atoms with E-state index in [-0.39, 0.29) is 29.4 Å². The van der Waals surface area contributed by atoms with Gasteiger partial charge >= 0.3 is 0 Å². The number of benzene rings is 1. The van der Waals surface area contributed by atoms with Crippen molar-refractivity contribution in [2.24, 2.45) is 0 Å². The summed E-state index contributed by atoms with van der Waals surface area (Å²) in [7, 11) is 0. The zero-order valence-electron chi connectivity index (χ0n) is 15.4. The molecule has 0 radical (unpaired) electrons. The molecule has 0 bridgehead atoms. The maximum atomic E-state index is 12.6. The molecule has 1 N–H and O–H groups in total. The standard InChI is InChI=1S/C19H25N3O3S/c1-4-14(2)22(11-16-8-6-5-7-9-16)19(24)13-26-12-18(23)20-17-10-15(3)25-21-17/h5-10,14H,4,11-13H2,1-3H3,(H,20,21,23). The summed E-state index contributed by atoms with van der Waals surface area (Å²) in [6.45, 7) is 6.45. The Hall–Kier alpha value is -2.28. The van der Waals surface area contributed by atoms with Crippen LogP contribution in [-0.2, 0) is 16.1 Å². The molecule has 1 aromatic heterocycles. The fourth-order valence-electron chi connectivity index (χ4n) is 2.41. The molecule has 0 aliphatic carbocycles. The number of anilines is 1. The van der Waals surface area contributed by atoms with Crippen molar-refractivity contribution in [1.82, 2.24) is 10.1 Å². The Bertz CT molecular complexity index is 718. The Balaban J connectivity index is 1.83. The lowest BCUT2D eigenvalue weighted by atomic mass is 10.1. The van der Waals surface area contributed by atoms with Gasteiger partial charge in [-0.2, -0.15) is 0 Å². The van der Waals surface area contributed by atoms with Crippen LogP contribution < -0.4 is 5.32 Å². The molecule has 2 rings (SSSR count). The first-order valence-corrected chi connectivity index (χ1v) is 9.79. The van der Waals surface area contributed by atoms with E-state index in [2.05, 4.69) is 17.4 Å². The third-order valence-corrected chi connectivity index (χ3v) is 4.91. The molecule has 0 saturated carbocycles. The summed E-state index contributed by atoms with van der Waals surface area (Å²) < 4.78 is 4.90. The highest BCUT2D eigenvalue weighted by atomic mass is 32.2. The third-order valence-electron chi connectivity index (χ3n) is 3.99. The monoisotopic (exact) mass is 375 g/mol. The van der Waals surface area contributed by atoms with E-state index in [1.165, 1.54) is 11.8 Å². The van der Waals surface area contributed by atoms with E-state index in [1.54, 1.807) is 13.0 Å². The van der Waals surface area contributed by atoms with Crippen molar-refractivity contribution in [2.75, 3.05) is 16.8 Å². The minimum atomic E-state index is -0.200. The fourth-order valence-corrected chi connectivity index (χ4v) is 3.11. The Morgan fingerprint density at radius 1 is 1.27 bits per heavy atom. The minimum absolute atomic E-state index is 0.0401. The molecular formula is C19H25N3O3S. The largest absolute Gasteiger partial charge is 0.360 e. The molecule has 0 aliphatic heterocycles. The van der Waals surface area contributed by atoms with Gasteiger partial charge in [-0.3, -0.25) is 9.59 Å². The van der Waals surface area contributed by atoms with Crippen molar-refractivity contribution in [3.8, 4) is 0 Å². The first kappa shape index (κ1) is 20.0. The molecule has 0 saturated heterocycles. The molecule has 2 aromatic rings. The van der Waals surface area contributed by atoms with Gasteiger partial charge in [0.05, 0.1) is 11.5 Å². The lowest BCUT2D eigenvalue weighted by Gasteiger charge is -2.28. The van der Waals surface area contributed by atoms with Crippen LogP contribution in [0.2, 0.25) is 0 Å². The second-order valence-corrected chi connectivity index (χ2v) is 7.11. The molecule has 6 nitrogen and oxygen atoms in total. The van der Waals surface area contributed by atoms with Crippen LogP contribution in [0.4, 0.5) is 5.82 Å². The number of carbonyl (C=O) groups is 2. The third kappa shape index (κ3) is 6.22. The predicted octanol–water partition coefficient (Wildman–Crippen LogP) is 3.48. The number of rotatable bonds is 9. The average Bonchev–Trinajstić information content (AvgIpc) is 3.04. The number of aryl methyl sites for hydroxylation is 1. The summed E-state index contributed by atoms with van der Waals surface area (Å²) in [6, 6.07) is 11.7. The Kier molecular flexibility index (Phi) is 7.72. The molecule has 140 valence electrons. The van der Waals surface area contributed by atoms with E-state index in [0.29, 0.717) is 18.1 Å². The van der Waals surface area contributed by atoms with E-state index in [0.717, 1.165) is 12.0 Å². The predicted molar refractivity (Wildman–Crippen MR) is 104 cm³/mol. The molecule has 0 spiro atoms. The van der Waals surface area contributed by atoms with E-state index in [9.17, 15) is 9.59 Å². The van der Waals surface area contributed by atoms with Crippen molar-refractivity contribution in [3.63, 3.8) is 0 Å². The number of hydrogen-bond acceptors (Lipinski definition) is 5. The number of thioether (sulfide) groups is 1. The summed E-state index contributed by atoms with van der Waals surface area (Å²) in [5, 5.41) is 6.37. The van der Waals surface area contributed by atoms with Gasteiger partial charge in [0.1, 0.15) is 5.76 Å². The summed E-state index contributed by atoms with van der Waals surface area (Å²) in [5.41, 5.74) is 1.10. The SMILES string of the molecule is CCC(C)N(Cc1ccccc1)C(=O)CSCC(=O)Nc1cc(C)on1. The number of nitrogens with zero attached hydrogens (tertiary/aromatic N) is 2. The summed E-state index contributed by atoms with van der Waals surface area (Å²) in [4.78, 5) is 26.4. The zero-order chi connectivity index (χ0) is 18.9. The van der Waals surface area contributed by atoms with Crippen LogP contribution in [0.3, 0.4) is 0 Å². The minimum Gasteiger partial charge on any atom is -0.360 e. The lowest BCUT2D eigenvalue weighted by molar-refractivity contribution is -0.131. The van der Waals surface area contributed by atoms with Crippen LogP contribution in [0.1, 0.15) is 31.6 Å². The number of carbonyl (C=O) groups excluding carboxylic acids is 2. The molecular weight excluding hydrogens is 350 g/mol. The van der Waals surface area contributed by atoms with Crippen LogP contribution in [-0.4, -0.2) is 39.4 Å². The molecule has 1 atom stereocenters. The maximum Gasteiger partial charge on any atom is 0.235 e. The van der Waals surface area contributed by atoms with Crippen molar-refractivity contribution < 1.29 is 14.1 Å². The van der Waals surface area contributed by atoms with Gasteiger partial charge < -0.3 is 14.7 Å². The second-order valence-electron chi connectivity index (χ2n) is 6.13. The van der Waals surface area contributed by atoms with Crippen molar-refractivity contribution in [1.29, 1.82) is 0 Å². The quantitative estimate of drug-likeness (QED) is 0.726. The number of nitrogens with one attached hydrogen (secondary N) is 1. The van der Waals surface area contributed by atoms with Crippen LogP contribution in [0.25, 0.3) is 0 Å². The summed E-state index contributed by atoms with van der Waals surface area (Å²) in [6.07, 6.45) is 0.884. The van der Waals surface area contributed by atoms with Gasteiger partial charge in [0, 0.05) is 18.7 Å². The molecule has 1 aromatic carbocycles. The normalized spacial score (nSPS) is 11.8. The molecule has 0 aliphatic rings. The van der Waals surface area contributed by atoms with Gasteiger partial charge in [-0.25, -0.2) is 0 Å². The van der Waals surface area contributed by atoms with Gasteiger partial charge in [0.25, 0.3) is 0 Å². The molecule has 2 amide bonds. The first-order chi connectivity index (χ1) is 12.5. The van der Waals surface area contributed by atoms with E-state index >= 15 is 0 Å². The Morgan fingerprint density at radius 2 is 2.00 bits per heavy atom. The topological polar surface area (TPSA) is 75.4 Å². The lowest BCUT2D eigenvalue weighted by Crippen LogP contribution is -2.39. The van der Waals surface area contributed by atoms with Crippen LogP contribution in [0.5, 0.6) is 0 Å². The van der Waals surface area contributed by atoms with E-state index in [1.807, 2.05) is 42.2 Å². The molecule has 0 fully saturated rings. The van der Waals surface area contributed by atoms with E-state index in [4.69, 9.17) is 4.52 Å². The van der Waals surface area contributed by atoms with Gasteiger partial charge in [0.15, 0.2) is 5.82 Å². The van der Waals surface area contributed by atoms with Crippen molar-refractivity contribution >= 4 is 29.4 Å². The van der Waals surface area contributed by atoms with Gasteiger partial charge in [-0.1, -0.05) is 42.4 Å². The Labute approximate surface area is 158 Å². The van der Waals surface area contributed by atoms with Crippen molar-refractivity contribution in [2.45, 2.75) is 39.8 Å². The van der Waals surface area contributed by atoms with Gasteiger partial charge in [0.2, 0.25) is 11.8 Å². The van der Waals surface area contributed by atoms with Crippen LogP contribution in [0.15, 0.2) is 40.9 Å². The van der Waals surface area contributed by atoms with Gasteiger partial charge in [-0.15, -0.1) is 11.8 Å². The highest BCUT2D eigenvalue weighted by Gasteiger charge is 2.19. The molecule has 1 heterocycles.